The molecule has 1 aromatic carbocycles. The average Bonchev–Trinajstić information content (AvgIpc) is 2.78. The van der Waals surface area contributed by atoms with E-state index in [0.29, 0.717) is 13.2 Å². The van der Waals surface area contributed by atoms with Crippen molar-refractivity contribution < 1.29 is 9.47 Å². The van der Waals surface area contributed by atoms with E-state index >= 15 is 0 Å². The Balaban J connectivity index is 2.04. The molecule has 2 rings (SSSR count). The average molecular weight is 207 g/mol. The molecule has 1 fully saturated rings. The lowest BCUT2D eigenvalue weighted by molar-refractivity contribution is -0.0497. The Hall–Kier alpha value is -0.900. The van der Waals surface area contributed by atoms with Crippen LogP contribution in [0, 0.1) is 0 Å². The van der Waals surface area contributed by atoms with Crippen molar-refractivity contribution in [2.75, 3.05) is 13.2 Å². The molecule has 0 bridgehead atoms. The van der Waals surface area contributed by atoms with Crippen molar-refractivity contribution in [2.24, 2.45) is 5.73 Å². The van der Waals surface area contributed by atoms with Crippen LogP contribution < -0.4 is 5.73 Å². The fourth-order valence-electron chi connectivity index (χ4n) is 1.72. The lowest BCUT2D eigenvalue weighted by atomic mass is 10.1. The minimum atomic E-state index is -0.235. The number of hydrogen-bond acceptors (Lipinski definition) is 3. The summed E-state index contributed by atoms with van der Waals surface area (Å²) in [7, 11) is 0. The summed E-state index contributed by atoms with van der Waals surface area (Å²) in [5.41, 5.74) is 7.98. The van der Waals surface area contributed by atoms with Crippen molar-refractivity contribution in [3.8, 4) is 0 Å². The highest BCUT2D eigenvalue weighted by atomic mass is 16.7. The van der Waals surface area contributed by atoms with Gasteiger partial charge < -0.3 is 15.2 Å². The second kappa shape index (κ2) is 4.75. The normalized spacial score (nSPS) is 25.7. The maximum absolute atomic E-state index is 5.62. The molecule has 1 heterocycles. The maximum atomic E-state index is 5.62. The summed E-state index contributed by atoms with van der Waals surface area (Å²) in [4.78, 5) is 0. The molecule has 1 saturated heterocycles. The number of hydrogen-bond donors (Lipinski definition) is 1. The van der Waals surface area contributed by atoms with E-state index in [1.165, 1.54) is 11.1 Å². The number of benzene rings is 1. The second-order valence-electron chi connectivity index (χ2n) is 3.72. The zero-order valence-corrected chi connectivity index (χ0v) is 8.98. The van der Waals surface area contributed by atoms with Crippen LogP contribution in [0.15, 0.2) is 24.3 Å². The third-order valence-corrected chi connectivity index (χ3v) is 2.70. The van der Waals surface area contributed by atoms with E-state index in [2.05, 4.69) is 31.2 Å². The molecule has 0 amide bonds. The van der Waals surface area contributed by atoms with Gasteiger partial charge in [0.15, 0.2) is 6.29 Å². The van der Waals surface area contributed by atoms with Gasteiger partial charge in [-0.3, -0.25) is 0 Å². The van der Waals surface area contributed by atoms with Gasteiger partial charge in [-0.2, -0.15) is 0 Å². The molecule has 0 spiro atoms. The van der Waals surface area contributed by atoms with Crippen LogP contribution in [0.4, 0.5) is 0 Å². The smallest absolute Gasteiger partial charge is 0.170 e. The minimum absolute atomic E-state index is 0.0458. The van der Waals surface area contributed by atoms with E-state index in [4.69, 9.17) is 15.2 Å². The zero-order chi connectivity index (χ0) is 10.7. The quantitative estimate of drug-likeness (QED) is 0.819. The number of ether oxygens (including phenoxy) is 2. The third-order valence-electron chi connectivity index (χ3n) is 2.70. The number of aryl methyl sites for hydroxylation is 1. The molecule has 2 N–H and O–H groups in total. The highest BCUT2D eigenvalue weighted by Crippen LogP contribution is 2.26. The molecule has 3 nitrogen and oxygen atoms in total. The van der Waals surface area contributed by atoms with Gasteiger partial charge in [-0.05, 0) is 17.5 Å². The molecular weight excluding hydrogens is 190 g/mol. The molecule has 2 unspecified atom stereocenters. The van der Waals surface area contributed by atoms with Gasteiger partial charge in [0.1, 0.15) is 6.10 Å². The first-order valence-corrected chi connectivity index (χ1v) is 5.39. The first-order chi connectivity index (χ1) is 7.33. The molecule has 82 valence electrons. The summed E-state index contributed by atoms with van der Waals surface area (Å²) < 4.78 is 11.0. The molecule has 1 aliphatic heterocycles. The zero-order valence-electron chi connectivity index (χ0n) is 8.98. The Morgan fingerprint density at radius 1 is 1.33 bits per heavy atom. The van der Waals surface area contributed by atoms with Gasteiger partial charge in [-0.1, -0.05) is 31.2 Å². The van der Waals surface area contributed by atoms with Crippen molar-refractivity contribution >= 4 is 0 Å². The number of rotatable bonds is 3. The van der Waals surface area contributed by atoms with Gasteiger partial charge in [-0.25, -0.2) is 0 Å². The van der Waals surface area contributed by atoms with Crippen molar-refractivity contribution in [3.05, 3.63) is 35.4 Å². The molecule has 0 saturated carbocycles. The van der Waals surface area contributed by atoms with Crippen LogP contribution in [0.25, 0.3) is 0 Å². The Morgan fingerprint density at radius 3 is 2.60 bits per heavy atom. The first-order valence-electron chi connectivity index (χ1n) is 5.39. The Morgan fingerprint density at radius 2 is 2.07 bits per heavy atom. The highest BCUT2D eigenvalue weighted by Gasteiger charge is 2.25. The van der Waals surface area contributed by atoms with E-state index in [1.807, 2.05) is 0 Å². The highest BCUT2D eigenvalue weighted by molar-refractivity contribution is 5.24. The molecule has 1 aromatic rings. The Bertz CT molecular complexity index is 310. The largest absolute Gasteiger partial charge is 0.348 e. The van der Waals surface area contributed by atoms with Crippen LogP contribution in [0.5, 0.6) is 0 Å². The monoisotopic (exact) mass is 207 g/mol. The number of nitrogens with two attached hydrogens (primary N) is 1. The molecule has 1 aliphatic rings. The fraction of sp³-hybridized carbons (Fsp3) is 0.500. The van der Waals surface area contributed by atoms with Crippen molar-refractivity contribution in [2.45, 2.75) is 25.7 Å². The van der Waals surface area contributed by atoms with Crippen LogP contribution in [-0.4, -0.2) is 19.4 Å². The van der Waals surface area contributed by atoms with Crippen LogP contribution in [-0.2, 0) is 15.9 Å². The van der Waals surface area contributed by atoms with E-state index in [-0.39, 0.29) is 12.4 Å². The Kier molecular flexibility index (Phi) is 3.36. The van der Waals surface area contributed by atoms with E-state index in [0.717, 1.165) is 6.42 Å². The maximum Gasteiger partial charge on any atom is 0.170 e. The Labute approximate surface area is 90.2 Å². The van der Waals surface area contributed by atoms with Gasteiger partial charge in [-0.15, -0.1) is 0 Å². The van der Waals surface area contributed by atoms with E-state index < -0.39 is 0 Å². The fourth-order valence-corrected chi connectivity index (χ4v) is 1.72. The minimum Gasteiger partial charge on any atom is -0.348 e. The molecular formula is C12H17NO2. The third kappa shape index (κ3) is 2.37. The second-order valence-corrected chi connectivity index (χ2v) is 3.72. The molecule has 0 aliphatic carbocycles. The molecule has 2 atom stereocenters. The topological polar surface area (TPSA) is 44.5 Å². The predicted octanol–water partition coefficient (Wildman–Crippen LogP) is 1.62. The molecule has 15 heavy (non-hydrogen) atoms. The van der Waals surface area contributed by atoms with Gasteiger partial charge in [0.25, 0.3) is 0 Å². The van der Waals surface area contributed by atoms with E-state index in [9.17, 15) is 0 Å². The summed E-state index contributed by atoms with van der Waals surface area (Å²) in [6.07, 6.45) is 0.874. The predicted molar refractivity (Wildman–Crippen MR) is 58.4 cm³/mol. The lowest BCUT2D eigenvalue weighted by Gasteiger charge is -2.10. The standard InChI is InChI=1S/C12H17NO2/c1-2-9-3-5-10(6-4-9)11-8-14-12(7-13)15-11/h3-6,11-12H,2,7-8,13H2,1H3. The summed E-state index contributed by atoms with van der Waals surface area (Å²) in [6, 6.07) is 8.47. The van der Waals surface area contributed by atoms with Crippen LogP contribution in [0.2, 0.25) is 0 Å². The van der Waals surface area contributed by atoms with Gasteiger partial charge >= 0.3 is 0 Å². The van der Waals surface area contributed by atoms with E-state index in [1.54, 1.807) is 0 Å². The molecule has 0 aromatic heterocycles. The summed E-state index contributed by atoms with van der Waals surface area (Å²) in [5, 5.41) is 0. The van der Waals surface area contributed by atoms with Crippen molar-refractivity contribution in [1.29, 1.82) is 0 Å². The van der Waals surface area contributed by atoms with Crippen LogP contribution >= 0.6 is 0 Å². The lowest BCUT2D eigenvalue weighted by Crippen LogP contribution is -2.20. The summed E-state index contributed by atoms with van der Waals surface area (Å²) >= 11 is 0. The summed E-state index contributed by atoms with van der Waals surface area (Å²) in [6.45, 7) is 3.17. The first kappa shape index (κ1) is 10.6. The SMILES string of the molecule is CCc1ccc(C2COC(CN)O2)cc1. The summed E-state index contributed by atoms with van der Waals surface area (Å²) in [5.74, 6) is 0. The van der Waals surface area contributed by atoms with Crippen LogP contribution in [0.1, 0.15) is 24.2 Å². The molecule has 3 heteroatoms. The van der Waals surface area contributed by atoms with Gasteiger partial charge in [0.05, 0.1) is 6.61 Å². The van der Waals surface area contributed by atoms with Gasteiger partial charge in [0, 0.05) is 6.54 Å². The van der Waals surface area contributed by atoms with Gasteiger partial charge in [0.2, 0.25) is 0 Å². The molecule has 0 radical (unpaired) electrons. The van der Waals surface area contributed by atoms with Crippen molar-refractivity contribution in [1.82, 2.24) is 0 Å². The van der Waals surface area contributed by atoms with Crippen LogP contribution in [0.3, 0.4) is 0 Å². The van der Waals surface area contributed by atoms with Crippen molar-refractivity contribution in [3.63, 3.8) is 0 Å².